The van der Waals surface area contributed by atoms with Gasteiger partial charge in [-0.2, -0.15) is 0 Å². The van der Waals surface area contributed by atoms with Gasteiger partial charge in [0.1, 0.15) is 0 Å². The zero-order valence-corrected chi connectivity index (χ0v) is 9.06. The number of nitrogens with zero attached hydrogens (tertiary/aromatic N) is 1. The van der Waals surface area contributed by atoms with E-state index < -0.39 is 0 Å². The van der Waals surface area contributed by atoms with E-state index in [4.69, 9.17) is 0 Å². The third-order valence-corrected chi connectivity index (χ3v) is 3.61. The summed E-state index contributed by atoms with van der Waals surface area (Å²) in [4.78, 5) is 2.65. The van der Waals surface area contributed by atoms with Crippen LogP contribution in [0.25, 0.3) is 0 Å². The van der Waals surface area contributed by atoms with Gasteiger partial charge in [0, 0.05) is 12.1 Å². The Bertz CT molecular complexity index is 144. The molecule has 0 aliphatic carbocycles. The van der Waals surface area contributed by atoms with E-state index in [1.165, 1.54) is 32.4 Å². The van der Waals surface area contributed by atoms with Gasteiger partial charge in [-0.15, -0.1) is 0 Å². The molecule has 0 aromatic heterocycles. The molecule has 1 rings (SSSR count). The molecule has 1 saturated heterocycles. The second kappa shape index (κ2) is 3.78. The zero-order chi connectivity index (χ0) is 9.19. The Morgan fingerprint density at radius 2 is 2.08 bits per heavy atom. The van der Waals surface area contributed by atoms with Crippen LogP contribution in [0.15, 0.2) is 0 Å². The molecule has 12 heavy (non-hydrogen) atoms. The summed E-state index contributed by atoms with van der Waals surface area (Å²) in [6.45, 7) is 11.9. The van der Waals surface area contributed by atoms with Crippen LogP contribution < -0.4 is 0 Å². The minimum absolute atomic E-state index is 0.501. The first-order chi connectivity index (χ1) is 5.62. The normalized spacial score (nSPS) is 38.5. The molecule has 0 radical (unpaired) electrons. The van der Waals surface area contributed by atoms with Crippen molar-refractivity contribution in [3.63, 3.8) is 0 Å². The summed E-state index contributed by atoms with van der Waals surface area (Å²) in [7, 11) is 0. The van der Waals surface area contributed by atoms with E-state index in [1.54, 1.807) is 0 Å². The van der Waals surface area contributed by atoms with E-state index in [9.17, 15) is 0 Å². The quantitative estimate of drug-likeness (QED) is 0.614. The standard InChI is InChI=1S/C11H23N/c1-5-11(4)8-7-10(3)9-12(11)6-2/h10H,5-9H2,1-4H3. The van der Waals surface area contributed by atoms with Crippen molar-refractivity contribution in [3.8, 4) is 0 Å². The molecule has 0 aromatic rings. The van der Waals surface area contributed by atoms with Crippen LogP contribution in [-0.4, -0.2) is 23.5 Å². The van der Waals surface area contributed by atoms with E-state index in [1.807, 2.05) is 0 Å². The molecular formula is C11H23N. The van der Waals surface area contributed by atoms with Crippen molar-refractivity contribution in [1.29, 1.82) is 0 Å². The molecule has 0 spiro atoms. The van der Waals surface area contributed by atoms with Gasteiger partial charge in [-0.1, -0.05) is 20.8 Å². The summed E-state index contributed by atoms with van der Waals surface area (Å²) in [6, 6.07) is 0. The maximum Gasteiger partial charge on any atom is 0.0178 e. The molecule has 2 unspecified atom stereocenters. The third-order valence-electron chi connectivity index (χ3n) is 3.61. The Labute approximate surface area is 77.1 Å². The minimum atomic E-state index is 0.501. The lowest BCUT2D eigenvalue weighted by Gasteiger charge is -2.46. The van der Waals surface area contributed by atoms with Gasteiger partial charge in [0.05, 0.1) is 0 Å². The van der Waals surface area contributed by atoms with Gasteiger partial charge >= 0.3 is 0 Å². The van der Waals surface area contributed by atoms with Gasteiger partial charge in [0.25, 0.3) is 0 Å². The molecule has 1 aliphatic heterocycles. The number of piperidine rings is 1. The first-order valence-corrected chi connectivity index (χ1v) is 5.37. The highest BCUT2D eigenvalue weighted by atomic mass is 15.2. The second-order valence-corrected chi connectivity index (χ2v) is 4.53. The molecule has 0 amide bonds. The van der Waals surface area contributed by atoms with Gasteiger partial charge in [-0.3, -0.25) is 4.90 Å². The summed E-state index contributed by atoms with van der Waals surface area (Å²) < 4.78 is 0. The molecule has 0 N–H and O–H groups in total. The fourth-order valence-corrected chi connectivity index (χ4v) is 2.31. The van der Waals surface area contributed by atoms with Crippen LogP contribution in [0.2, 0.25) is 0 Å². The highest BCUT2D eigenvalue weighted by Gasteiger charge is 2.33. The van der Waals surface area contributed by atoms with Crippen molar-refractivity contribution in [2.24, 2.45) is 5.92 Å². The summed E-state index contributed by atoms with van der Waals surface area (Å²) in [5, 5.41) is 0. The Morgan fingerprint density at radius 1 is 1.42 bits per heavy atom. The number of hydrogen-bond donors (Lipinski definition) is 0. The van der Waals surface area contributed by atoms with Gasteiger partial charge in [-0.05, 0) is 38.6 Å². The van der Waals surface area contributed by atoms with Gasteiger partial charge in [0.2, 0.25) is 0 Å². The van der Waals surface area contributed by atoms with Crippen molar-refractivity contribution < 1.29 is 0 Å². The van der Waals surface area contributed by atoms with Crippen LogP contribution in [-0.2, 0) is 0 Å². The third kappa shape index (κ3) is 1.82. The summed E-state index contributed by atoms with van der Waals surface area (Å²) in [5.74, 6) is 0.907. The van der Waals surface area contributed by atoms with E-state index in [-0.39, 0.29) is 0 Å². The molecule has 1 aliphatic rings. The van der Waals surface area contributed by atoms with Gasteiger partial charge in [0.15, 0.2) is 0 Å². The van der Waals surface area contributed by atoms with Crippen LogP contribution in [0.1, 0.15) is 47.0 Å². The summed E-state index contributed by atoms with van der Waals surface area (Å²) in [6.07, 6.45) is 4.10. The number of likely N-dealkylation sites (tertiary alicyclic amines) is 1. The monoisotopic (exact) mass is 169 g/mol. The first-order valence-electron chi connectivity index (χ1n) is 5.37. The maximum atomic E-state index is 2.65. The molecule has 0 saturated carbocycles. The molecule has 2 atom stereocenters. The second-order valence-electron chi connectivity index (χ2n) is 4.53. The molecular weight excluding hydrogens is 146 g/mol. The number of rotatable bonds is 2. The molecule has 1 nitrogen and oxygen atoms in total. The Morgan fingerprint density at radius 3 is 2.58 bits per heavy atom. The molecule has 72 valence electrons. The van der Waals surface area contributed by atoms with Crippen LogP contribution >= 0.6 is 0 Å². The summed E-state index contributed by atoms with van der Waals surface area (Å²) >= 11 is 0. The minimum Gasteiger partial charge on any atom is -0.298 e. The van der Waals surface area contributed by atoms with Crippen LogP contribution in [0.3, 0.4) is 0 Å². The topological polar surface area (TPSA) is 3.24 Å². The lowest BCUT2D eigenvalue weighted by Crippen LogP contribution is -2.51. The van der Waals surface area contributed by atoms with Crippen molar-refractivity contribution >= 4 is 0 Å². The van der Waals surface area contributed by atoms with Gasteiger partial charge < -0.3 is 0 Å². The van der Waals surface area contributed by atoms with Crippen molar-refractivity contribution in [2.75, 3.05) is 13.1 Å². The Balaban J connectivity index is 2.62. The fraction of sp³-hybridized carbons (Fsp3) is 1.00. The number of hydrogen-bond acceptors (Lipinski definition) is 1. The van der Waals surface area contributed by atoms with Crippen LogP contribution in [0.4, 0.5) is 0 Å². The van der Waals surface area contributed by atoms with Crippen molar-refractivity contribution in [3.05, 3.63) is 0 Å². The Hall–Kier alpha value is -0.0400. The van der Waals surface area contributed by atoms with Crippen LogP contribution in [0.5, 0.6) is 0 Å². The average molecular weight is 169 g/mol. The van der Waals surface area contributed by atoms with E-state index in [2.05, 4.69) is 32.6 Å². The van der Waals surface area contributed by atoms with E-state index in [0.29, 0.717) is 5.54 Å². The Kier molecular flexibility index (Phi) is 3.16. The summed E-state index contributed by atoms with van der Waals surface area (Å²) in [5.41, 5.74) is 0.501. The average Bonchev–Trinajstić information content (AvgIpc) is 2.09. The molecule has 1 heterocycles. The predicted molar refractivity (Wildman–Crippen MR) is 54.3 cm³/mol. The highest BCUT2D eigenvalue weighted by molar-refractivity contribution is 4.89. The van der Waals surface area contributed by atoms with E-state index >= 15 is 0 Å². The van der Waals surface area contributed by atoms with E-state index in [0.717, 1.165) is 5.92 Å². The molecule has 1 heteroatoms. The maximum absolute atomic E-state index is 2.65. The fourth-order valence-electron chi connectivity index (χ4n) is 2.31. The smallest absolute Gasteiger partial charge is 0.0178 e. The molecule has 0 aromatic carbocycles. The lowest BCUT2D eigenvalue weighted by atomic mass is 9.82. The largest absolute Gasteiger partial charge is 0.298 e. The molecule has 1 fully saturated rings. The van der Waals surface area contributed by atoms with Crippen molar-refractivity contribution in [2.45, 2.75) is 52.5 Å². The SMILES string of the molecule is CCN1CC(C)CCC1(C)CC. The first kappa shape index (κ1) is 10.0. The zero-order valence-electron chi connectivity index (χ0n) is 9.06. The van der Waals surface area contributed by atoms with Crippen LogP contribution in [0, 0.1) is 5.92 Å². The van der Waals surface area contributed by atoms with Crippen molar-refractivity contribution in [1.82, 2.24) is 4.90 Å². The predicted octanol–water partition coefficient (Wildman–Crippen LogP) is 2.91. The lowest BCUT2D eigenvalue weighted by molar-refractivity contribution is 0.0385. The van der Waals surface area contributed by atoms with Gasteiger partial charge in [-0.25, -0.2) is 0 Å². The molecule has 0 bridgehead atoms. The highest BCUT2D eigenvalue weighted by Crippen LogP contribution is 2.32.